The average molecular weight is 447 g/mol. The molecule has 1 saturated heterocycles. The van der Waals surface area contributed by atoms with Gasteiger partial charge in [-0.05, 0) is 78.0 Å². The fourth-order valence-electron chi connectivity index (χ4n) is 8.09. The van der Waals surface area contributed by atoms with Crippen LogP contribution in [0, 0.1) is 39.9 Å². The molecule has 4 aliphatic rings. The lowest BCUT2D eigenvalue weighted by Gasteiger charge is -2.43. The molecular formula is C28H36BClN2. The summed E-state index contributed by atoms with van der Waals surface area (Å²) in [6, 6.07) is 7.13. The summed E-state index contributed by atoms with van der Waals surface area (Å²) < 4.78 is 2.57. The predicted molar refractivity (Wildman–Crippen MR) is 135 cm³/mol. The van der Waals surface area contributed by atoms with Crippen LogP contribution in [0.3, 0.4) is 0 Å². The topological polar surface area (TPSA) is 28.7 Å². The summed E-state index contributed by atoms with van der Waals surface area (Å²) in [4.78, 5) is 0. The zero-order valence-corrected chi connectivity index (χ0v) is 21.0. The van der Waals surface area contributed by atoms with Crippen molar-refractivity contribution >= 4 is 34.7 Å². The molecule has 4 unspecified atom stereocenters. The van der Waals surface area contributed by atoms with Crippen molar-refractivity contribution in [3.05, 3.63) is 28.9 Å². The van der Waals surface area contributed by atoms with Crippen LogP contribution in [0.25, 0.3) is 10.9 Å². The Labute approximate surface area is 198 Å². The number of hydrogen-bond donors (Lipinski definition) is 0. The highest BCUT2D eigenvalue weighted by Crippen LogP contribution is 2.76. The van der Waals surface area contributed by atoms with Crippen molar-refractivity contribution in [1.82, 2.24) is 4.57 Å². The third-order valence-corrected chi connectivity index (χ3v) is 11.2. The van der Waals surface area contributed by atoms with Gasteiger partial charge < -0.3 is 4.57 Å². The van der Waals surface area contributed by atoms with Crippen molar-refractivity contribution in [2.75, 3.05) is 0 Å². The first kappa shape index (κ1) is 21.2. The second-order valence-corrected chi connectivity index (χ2v) is 13.3. The first-order chi connectivity index (χ1) is 15.1. The molecule has 4 fully saturated rings. The molecule has 168 valence electrons. The molecule has 0 bridgehead atoms. The first-order valence-electron chi connectivity index (χ1n) is 12.9. The standard InChI is InChI=1S/C28H36BClN2/c1-16-6-8-18(9-7-16)32-15-24(19-10-17(14-31)25(30)13-26(19)32)29-22-11-20(22)27(2,3)28(4,5)21-12-23(21)29/h10,13,15-16,18,20-23H,6-9,11-12H2,1-5H3. The summed E-state index contributed by atoms with van der Waals surface area (Å²) >= 11 is 6.57. The SMILES string of the molecule is CC1CCC(n2cc(B3C4CC4C(C)(C)C(C)(C)C4CC34)c3cc(C#N)c(Cl)cc32)CC1. The summed E-state index contributed by atoms with van der Waals surface area (Å²) in [6.07, 6.45) is 10.4. The van der Waals surface area contributed by atoms with Gasteiger partial charge in [0, 0.05) is 11.6 Å². The Kier molecular flexibility index (Phi) is 4.51. The normalized spacial score (nSPS) is 36.7. The van der Waals surface area contributed by atoms with Crippen LogP contribution >= 0.6 is 11.6 Å². The number of fused-ring (bicyclic) bond motifs is 3. The van der Waals surface area contributed by atoms with Crippen molar-refractivity contribution in [3.8, 4) is 6.07 Å². The van der Waals surface area contributed by atoms with Crippen LogP contribution < -0.4 is 5.46 Å². The molecule has 3 aliphatic carbocycles. The van der Waals surface area contributed by atoms with E-state index in [9.17, 15) is 5.26 Å². The zero-order valence-electron chi connectivity index (χ0n) is 20.3. The molecule has 6 rings (SSSR count). The Morgan fingerprint density at radius 2 is 1.59 bits per heavy atom. The number of benzene rings is 1. The zero-order chi connectivity index (χ0) is 22.6. The van der Waals surface area contributed by atoms with Gasteiger partial charge in [-0.15, -0.1) is 0 Å². The van der Waals surface area contributed by atoms with E-state index in [2.05, 4.69) is 63.6 Å². The van der Waals surface area contributed by atoms with E-state index in [-0.39, 0.29) is 0 Å². The lowest BCUT2D eigenvalue weighted by molar-refractivity contribution is 0.0619. The third-order valence-electron chi connectivity index (χ3n) is 10.9. The fraction of sp³-hybridized carbons (Fsp3) is 0.679. The van der Waals surface area contributed by atoms with Crippen LogP contribution in [0.2, 0.25) is 16.7 Å². The van der Waals surface area contributed by atoms with Crippen LogP contribution in [0.5, 0.6) is 0 Å². The van der Waals surface area contributed by atoms with E-state index < -0.39 is 0 Å². The highest BCUT2D eigenvalue weighted by atomic mass is 35.5. The molecule has 1 aliphatic heterocycles. The minimum absolute atomic E-state index is 0.394. The number of aromatic nitrogens is 1. The molecule has 32 heavy (non-hydrogen) atoms. The summed E-state index contributed by atoms with van der Waals surface area (Å²) in [6.45, 7) is 13.2. The molecule has 0 amide bonds. The van der Waals surface area contributed by atoms with Crippen molar-refractivity contribution < 1.29 is 0 Å². The van der Waals surface area contributed by atoms with E-state index >= 15 is 0 Å². The Morgan fingerprint density at radius 1 is 1.00 bits per heavy atom. The molecule has 0 spiro atoms. The second kappa shape index (κ2) is 6.82. The molecular weight excluding hydrogens is 411 g/mol. The largest absolute Gasteiger partial charge is 0.345 e. The summed E-state index contributed by atoms with van der Waals surface area (Å²) in [5.74, 6) is 4.09. The van der Waals surface area contributed by atoms with Gasteiger partial charge in [0.15, 0.2) is 6.71 Å². The average Bonchev–Trinajstić information content (AvgIpc) is 3.66. The smallest absolute Gasteiger partial charge is 0.185 e. The van der Waals surface area contributed by atoms with E-state index in [0.717, 1.165) is 29.4 Å². The van der Waals surface area contributed by atoms with Gasteiger partial charge in [0.2, 0.25) is 0 Å². The third kappa shape index (κ3) is 2.84. The molecule has 1 aromatic heterocycles. The van der Waals surface area contributed by atoms with Crippen LogP contribution in [0.4, 0.5) is 0 Å². The minimum Gasteiger partial charge on any atom is -0.345 e. The van der Waals surface area contributed by atoms with Crippen molar-refractivity contribution in [2.45, 2.75) is 90.8 Å². The molecule has 2 aromatic rings. The van der Waals surface area contributed by atoms with E-state index in [1.54, 1.807) is 0 Å². The second-order valence-electron chi connectivity index (χ2n) is 12.8. The Morgan fingerprint density at radius 3 is 2.16 bits per heavy atom. The highest BCUT2D eigenvalue weighted by molar-refractivity contribution is 6.79. The van der Waals surface area contributed by atoms with Gasteiger partial charge in [0.05, 0.1) is 10.6 Å². The summed E-state index contributed by atoms with van der Waals surface area (Å²) in [5, 5.41) is 11.6. The van der Waals surface area contributed by atoms with Crippen LogP contribution in [0.15, 0.2) is 18.3 Å². The van der Waals surface area contributed by atoms with Crippen LogP contribution in [0.1, 0.15) is 84.7 Å². The summed E-state index contributed by atoms with van der Waals surface area (Å²) in [7, 11) is 0. The predicted octanol–water partition coefficient (Wildman–Crippen LogP) is 7.47. The van der Waals surface area contributed by atoms with E-state index in [4.69, 9.17) is 11.6 Å². The molecule has 2 heterocycles. The van der Waals surface area contributed by atoms with Crippen molar-refractivity contribution in [3.63, 3.8) is 0 Å². The molecule has 0 N–H and O–H groups in total. The molecule has 1 aromatic carbocycles. The van der Waals surface area contributed by atoms with E-state index in [0.29, 0.717) is 34.2 Å². The fourth-order valence-corrected chi connectivity index (χ4v) is 8.29. The Hall–Kier alpha value is -1.40. The van der Waals surface area contributed by atoms with Crippen LogP contribution in [-0.2, 0) is 0 Å². The first-order valence-corrected chi connectivity index (χ1v) is 13.3. The van der Waals surface area contributed by atoms with Gasteiger partial charge in [-0.2, -0.15) is 5.26 Å². The van der Waals surface area contributed by atoms with Gasteiger partial charge in [-0.3, -0.25) is 0 Å². The van der Waals surface area contributed by atoms with Gasteiger partial charge in [0.1, 0.15) is 6.07 Å². The Bertz CT molecular complexity index is 1100. The molecule has 2 nitrogen and oxygen atoms in total. The van der Waals surface area contributed by atoms with Crippen molar-refractivity contribution in [1.29, 1.82) is 5.26 Å². The van der Waals surface area contributed by atoms with Gasteiger partial charge in [-0.1, -0.05) is 76.2 Å². The number of hydrogen-bond acceptors (Lipinski definition) is 1. The number of nitrogens with zero attached hydrogens (tertiary/aromatic N) is 2. The maximum Gasteiger partial charge on any atom is 0.185 e. The number of halogens is 1. The maximum absolute atomic E-state index is 9.73. The lowest BCUT2D eigenvalue weighted by Crippen LogP contribution is -2.36. The van der Waals surface area contributed by atoms with Gasteiger partial charge in [-0.25, -0.2) is 0 Å². The molecule has 3 saturated carbocycles. The van der Waals surface area contributed by atoms with Gasteiger partial charge >= 0.3 is 0 Å². The lowest BCUT2D eigenvalue weighted by atomic mass is 9.36. The molecule has 4 heteroatoms. The highest BCUT2D eigenvalue weighted by Gasteiger charge is 2.70. The molecule has 4 atom stereocenters. The number of rotatable bonds is 2. The monoisotopic (exact) mass is 446 g/mol. The Balaban J connectivity index is 1.49. The quantitative estimate of drug-likeness (QED) is 0.440. The van der Waals surface area contributed by atoms with E-state index in [1.165, 1.54) is 54.9 Å². The summed E-state index contributed by atoms with van der Waals surface area (Å²) in [5.41, 5.74) is 4.21. The molecule has 0 radical (unpaired) electrons. The van der Waals surface area contributed by atoms with E-state index in [1.807, 2.05) is 0 Å². The van der Waals surface area contributed by atoms with Gasteiger partial charge in [0.25, 0.3) is 0 Å². The minimum atomic E-state index is 0.394. The number of nitriles is 1. The maximum atomic E-state index is 9.73. The van der Waals surface area contributed by atoms with Crippen molar-refractivity contribution in [2.24, 2.45) is 28.6 Å². The van der Waals surface area contributed by atoms with Crippen LogP contribution in [-0.4, -0.2) is 11.3 Å².